The minimum absolute atomic E-state index is 0.162. The Morgan fingerprint density at radius 2 is 1.95 bits per heavy atom. The van der Waals surface area contributed by atoms with Crippen LogP contribution in [0.15, 0.2) is 6.07 Å². The summed E-state index contributed by atoms with van der Waals surface area (Å²) in [7, 11) is 0. The highest BCUT2D eigenvalue weighted by molar-refractivity contribution is 7.14. The van der Waals surface area contributed by atoms with Gasteiger partial charge in [0.2, 0.25) is 0 Å². The first-order valence-electron chi connectivity index (χ1n) is 6.00. The molecule has 0 aromatic carbocycles. The molecule has 2 rings (SSSR count). The van der Waals surface area contributed by atoms with Gasteiger partial charge in [0.05, 0.1) is 0 Å². The lowest BCUT2D eigenvalue weighted by atomic mass is 10.0. The number of ketones is 2. The number of hydrogen-bond acceptors (Lipinski definition) is 5. The molecule has 2 heterocycles. The van der Waals surface area contributed by atoms with Crippen molar-refractivity contribution in [3.8, 4) is 0 Å². The predicted molar refractivity (Wildman–Crippen MR) is 70.5 cm³/mol. The average Bonchev–Trinajstić information content (AvgIpc) is 2.71. The van der Waals surface area contributed by atoms with Crippen LogP contribution in [0.1, 0.15) is 34.0 Å². The molecule has 0 spiro atoms. The van der Waals surface area contributed by atoms with Crippen molar-refractivity contribution in [1.29, 1.82) is 0 Å². The van der Waals surface area contributed by atoms with E-state index in [4.69, 9.17) is 5.11 Å². The Kier molecular flexibility index (Phi) is 3.82. The maximum Gasteiger partial charge on any atom is 0.345 e. The summed E-state index contributed by atoms with van der Waals surface area (Å²) in [5.74, 6) is -1.25. The van der Waals surface area contributed by atoms with Crippen LogP contribution in [-0.2, 0) is 22.6 Å². The van der Waals surface area contributed by atoms with Gasteiger partial charge in [-0.05, 0) is 31.9 Å². The third-order valence-corrected chi connectivity index (χ3v) is 4.47. The van der Waals surface area contributed by atoms with E-state index in [1.165, 1.54) is 25.2 Å². The molecule has 0 bridgehead atoms. The molecule has 0 aliphatic carbocycles. The van der Waals surface area contributed by atoms with Crippen LogP contribution in [0.25, 0.3) is 0 Å². The minimum atomic E-state index is -0.930. The Morgan fingerprint density at radius 1 is 1.32 bits per heavy atom. The van der Waals surface area contributed by atoms with E-state index in [1.807, 2.05) is 4.90 Å². The first kappa shape index (κ1) is 13.9. The Balaban J connectivity index is 2.23. The number of rotatable bonds is 4. The average molecular weight is 281 g/mol. The van der Waals surface area contributed by atoms with Crippen LogP contribution < -0.4 is 0 Å². The van der Waals surface area contributed by atoms with E-state index in [0.29, 0.717) is 24.4 Å². The number of Topliss-reactive ketones (excluding diaryl/α,β-unsaturated/α-hetero) is 2. The SMILES string of the molecule is CC(=O)C(C(C)=O)N1CCc2sc(C(=O)O)cc2C1. The van der Waals surface area contributed by atoms with Crippen LogP contribution in [0.5, 0.6) is 0 Å². The topological polar surface area (TPSA) is 74.7 Å². The van der Waals surface area contributed by atoms with Gasteiger partial charge in [-0.2, -0.15) is 0 Å². The number of carboxylic acids is 1. The van der Waals surface area contributed by atoms with Crippen LogP contribution in [0.2, 0.25) is 0 Å². The van der Waals surface area contributed by atoms with E-state index in [1.54, 1.807) is 6.07 Å². The largest absolute Gasteiger partial charge is 0.477 e. The number of aromatic carboxylic acids is 1. The van der Waals surface area contributed by atoms with Gasteiger partial charge in [-0.15, -0.1) is 11.3 Å². The Bertz CT molecular complexity index is 535. The highest BCUT2D eigenvalue weighted by atomic mass is 32.1. The summed E-state index contributed by atoms with van der Waals surface area (Å²) in [5, 5.41) is 8.97. The molecular weight excluding hydrogens is 266 g/mol. The Hall–Kier alpha value is -1.53. The lowest BCUT2D eigenvalue weighted by Crippen LogP contribution is -2.46. The molecule has 1 aliphatic rings. The quantitative estimate of drug-likeness (QED) is 0.843. The molecule has 5 nitrogen and oxygen atoms in total. The van der Waals surface area contributed by atoms with Crippen LogP contribution in [-0.4, -0.2) is 40.1 Å². The van der Waals surface area contributed by atoms with E-state index in [-0.39, 0.29) is 11.6 Å². The van der Waals surface area contributed by atoms with Crippen molar-refractivity contribution in [2.24, 2.45) is 0 Å². The number of thiophene rings is 1. The number of carboxylic acid groups (broad SMARTS) is 1. The third-order valence-electron chi connectivity index (χ3n) is 3.24. The lowest BCUT2D eigenvalue weighted by molar-refractivity contribution is -0.132. The Morgan fingerprint density at radius 3 is 2.47 bits per heavy atom. The molecule has 0 unspecified atom stereocenters. The zero-order valence-corrected chi connectivity index (χ0v) is 11.6. The molecule has 0 saturated carbocycles. The first-order valence-corrected chi connectivity index (χ1v) is 6.81. The highest BCUT2D eigenvalue weighted by Gasteiger charge is 2.31. The fraction of sp³-hybridized carbons (Fsp3) is 0.462. The van der Waals surface area contributed by atoms with Crippen LogP contribution in [0.4, 0.5) is 0 Å². The zero-order chi connectivity index (χ0) is 14.2. The molecule has 6 heteroatoms. The predicted octanol–water partition coefficient (Wildman–Crippen LogP) is 1.35. The summed E-state index contributed by atoms with van der Waals surface area (Å²) in [6, 6.07) is 0.938. The van der Waals surface area contributed by atoms with Crippen molar-refractivity contribution >= 4 is 28.9 Å². The van der Waals surface area contributed by atoms with Crippen molar-refractivity contribution in [3.63, 3.8) is 0 Å². The van der Waals surface area contributed by atoms with E-state index >= 15 is 0 Å². The van der Waals surface area contributed by atoms with Gasteiger partial charge in [0.15, 0.2) is 11.6 Å². The lowest BCUT2D eigenvalue weighted by Gasteiger charge is -2.31. The maximum absolute atomic E-state index is 11.6. The van der Waals surface area contributed by atoms with Gasteiger partial charge in [0.25, 0.3) is 0 Å². The fourth-order valence-electron chi connectivity index (χ4n) is 2.48. The second kappa shape index (κ2) is 5.22. The van der Waals surface area contributed by atoms with E-state index in [2.05, 4.69) is 0 Å². The van der Waals surface area contributed by atoms with Crippen LogP contribution in [0, 0.1) is 0 Å². The molecule has 0 amide bonds. The summed E-state index contributed by atoms with van der Waals surface area (Å²) in [5.41, 5.74) is 0.918. The van der Waals surface area contributed by atoms with Gasteiger partial charge in [0, 0.05) is 18.0 Å². The maximum atomic E-state index is 11.6. The van der Waals surface area contributed by atoms with Gasteiger partial charge in [0.1, 0.15) is 10.9 Å². The summed E-state index contributed by atoms with van der Waals surface area (Å²) >= 11 is 1.28. The first-order chi connectivity index (χ1) is 8.90. The molecule has 0 saturated heterocycles. The van der Waals surface area contributed by atoms with Crippen LogP contribution in [0.3, 0.4) is 0 Å². The van der Waals surface area contributed by atoms with Gasteiger partial charge in [-0.25, -0.2) is 4.79 Å². The second-order valence-electron chi connectivity index (χ2n) is 4.71. The fourth-order valence-corrected chi connectivity index (χ4v) is 3.48. The van der Waals surface area contributed by atoms with Gasteiger partial charge in [-0.3, -0.25) is 14.5 Å². The molecule has 1 N–H and O–H groups in total. The molecular formula is C13H15NO4S. The van der Waals surface area contributed by atoms with Crippen molar-refractivity contribution in [3.05, 3.63) is 21.4 Å². The molecule has 1 aromatic heterocycles. The van der Waals surface area contributed by atoms with Crippen molar-refractivity contribution in [2.45, 2.75) is 32.9 Å². The van der Waals surface area contributed by atoms with E-state index in [9.17, 15) is 14.4 Å². The molecule has 102 valence electrons. The van der Waals surface area contributed by atoms with Gasteiger partial charge < -0.3 is 5.11 Å². The zero-order valence-electron chi connectivity index (χ0n) is 10.8. The molecule has 1 aliphatic heterocycles. The highest BCUT2D eigenvalue weighted by Crippen LogP contribution is 2.29. The summed E-state index contributed by atoms with van der Waals surface area (Å²) in [4.78, 5) is 37.2. The van der Waals surface area contributed by atoms with Crippen molar-refractivity contribution in [2.75, 3.05) is 6.54 Å². The summed E-state index contributed by atoms with van der Waals surface area (Å²) < 4.78 is 0. The van der Waals surface area contributed by atoms with Gasteiger partial charge in [-0.1, -0.05) is 0 Å². The normalized spacial score (nSPS) is 15.3. The summed E-state index contributed by atoms with van der Waals surface area (Å²) in [6.45, 7) is 3.90. The molecule has 19 heavy (non-hydrogen) atoms. The van der Waals surface area contributed by atoms with Crippen molar-refractivity contribution in [1.82, 2.24) is 4.90 Å². The molecule has 0 atom stereocenters. The molecule has 0 radical (unpaired) electrons. The minimum Gasteiger partial charge on any atom is -0.477 e. The number of hydrogen-bond donors (Lipinski definition) is 1. The standard InChI is InChI=1S/C13H15NO4S/c1-7(15)12(8(2)16)14-4-3-10-9(6-14)5-11(19-10)13(17)18/h5,12H,3-4,6H2,1-2H3,(H,17,18). The second-order valence-corrected chi connectivity index (χ2v) is 5.85. The number of carbonyl (C=O) groups excluding carboxylic acids is 2. The monoisotopic (exact) mass is 281 g/mol. The number of nitrogens with zero attached hydrogens (tertiary/aromatic N) is 1. The van der Waals surface area contributed by atoms with Crippen molar-refractivity contribution < 1.29 is 19.5 Å². The Labute approximate surface area is 114 Å². The summed E-state index contributed by atoms with van der Waals surface area (Å²) in [6.07, 6.45) is 0.685. The van der Waals surface area contributed by atoms with Crippen LogP contribution >= 0.6 is 11.3 Å². The third kappa shape index (κ3) is 2.74. The number of carbonyl (C=O) groups is 3. The number of fused-ring (bicyclic) bond motifs is 1. The van der Waals surface area contributed by atoms with E-state index < -0.39 is 12.0 Å². The smallest absolute Gasteiger partial charge is 0.345 e. The van der Waals surface area contributed by atoms with E-state index in [0.717, 1.165) is 10.4 Å². The van der Waals surface area contributed by atoms with Gasteiger partial charge >= 0.3 is 5.97 Å². The molecule has 1 aromatic rings. The molecule has 0 fully saturated rings.